The number of likely N-dealkylation sites (N-methyl/N-ethyl adjacent to an activating group) is 1. The van der Waals surface area contributed by atoms with Crippen molar-refractivity contribution in [3.63, 3.8) is 0 Å². The van der Waals surface area contributed by atoms with Crippen molar-refractivity contribution in [1.82, 2.24) is 5.32 Å². The fourth-order valence-electron chi connectivity index (χ4n) is 1.59. The van der Waals surface area contributed by atoms with E-state index in [4.69, 9.17) is 16.3 Å². The van der Waals surface area contributed by atoms with Gasteiger partial charge in [0.2, 0.25) is 0 Å². The molecule has 0 fully saturated rings. The lowest BCUT2D eigenvalue weighted by atomic mass is 10.2. The van der Waals surface area contributed by atoms with Gasteiger partial charge in [0.25, 0.3) is 5.91 Å². The monoisotopic (exact) mass is 297 g/mol. The van der Waals surface area contributed by atoms with E-state index < -0.39 is 5.97 Å². The number of amides is 1. The van der Waals surface area contributed by atoms with Gasteiger partial charge in [0.1, 0.15) is 4.88 Å². The minimum atomic E-state index is -0.572. The SMILES string of the molecule is CCNC(=O)COC(=O)c1sc2ccccc2c1Cl. The summed E-state index contributed by atoms with van der Waals surface area (Å²) in [6.07, 6.45) is 0. The summed E-state index contributed by atoms with van der Waals surface area (Å²) in [5.41, 5.74) is 0. The molecule has 0 bridgehead atoms. The normalized spacial score (nSPS) is 10.4. The Hall–Kier alpha value is -1.59. The topological polar surface area (TPSA) is 55.4 Å². The number of hydrogen-bond acceptors (Lipinski definition) is 4. The van der Waals surface area contributed by atoms with Gasteiger partial charge in [-0.2, -0.15) is 0 Å². The number of hydrogen-bond donors (Lipinski definition) is 1. The molecule has 1 amide bonds. The maximum absolute atomic E-state index is 11.9. The predicted octanol–water partition coefficient (Wildman–Crippen LogP) is 2.85. The predicted molar refractivity (Wildman–Crippen MR) is 75.8 cm³/mol. The van der Waals surface area contributed by atoms with Crippen LogP contribution in [0.25, 0.3) is 10.1 Å². The molecule has 2 rings (SSSR count). The molecule has 0 unspecified atom stereocenters. The molecule has 0 atom stereocenters. The van der Waals surface area contributed by atoms with Crippen LogP contribution in [0, 0.1) is 0 Å². The van der Waals surface area contributed by atoms with E-state index in [1.54, 1.807) is 6.92 Å². The molecule has 1 aromatic heterocycles. The smallest absolute Gasteiger partial charge is 0.350 e. The Labute approximate surface area is 119 Å². The summed E-state index contributed by atoms with van der Waals surface area (Å²) < 4.78 is 5.84. The highest BCUT2D eigenvalue weighted by molar-refractivity contribution is 7.21. The van der Waals surface area contributed by atoms with Crippen LogP contribution in [0.1, 0.15) is 16.6 Å². The van der Waals surface area contributed by atoms with Crippen LogP contribution in [0.15, 0.2) is 24.3 Å². The molecule has 0 radical (unpaired) electrons. The van der Waals surface area contributed by atoms with Crippen molar-refractivity contribution in [1.29, 1.82) is 0 Å². The van der Waals surface area contributed by atoms with Crippen LogP contribution >= 0.6 is 22.9 Å². The summed E-state index contributed by atoms with van der Waals surface area (Å²) in [6, 6.07) is 7.45. The fraction of sp³-hybridized carbons (Fsp3) is 0.231. The summed E-state index contributed by atoms with van der Waals surface area (Å²) in [5, 5.41) is 3.74. The number of benzene rings is 1. The lowest BCUT2D eigenvalue weighted by Crippen LogP contribution is -2.28. The second-order valence-corrected chi connectivity index (χ2v) is 5.20. The molecule has 1 N–H and O–H groups in total. The van der Waals surface area contributed by atoms with Crippen LogP contribution in [-0.4, -0.2) is 25.0 Å². The van der Waals surface area contributed by atoms with Gasteiger partial charge >= 0.3 is 5.97 Å². The number of thiophene rings is 1. The summed E-state index contributed by atoms with van der Waals surface area (Å²) in [4.78, 5) is 23.4. The van der Waals surface area contributed by atoms with Gasteiger partial charge in [-0.15, -0.1) is 11.3 Å². The maximum Gasteiger partial charge on any atom is 0.350 e. The first-order chi connectivity index (χ1) is 9.13. The molecule has 0 saturated heterocycles. The third kappa shape index (κ3) is 3.05. The van der Waals surface area contributed by atoms with Crippen molar-refractivity contribution < 1.29 is 14.3 Å². The Morgan fingerprint density at radius 3 is 2.79 bits per heavy atom. The molecule has 6 heteroatoms. The van der Waals surface area contributed by atoms with E-state index in [2.05, 4.69) is 5.32 Å². The molecule has 2 aromatic rings. The Balaban J connectivity index is 2.13. The summed E-state index contributed by atoms with van der Waals surface area (Å²) in [7, 11) is 0. The van der Waals surface area contributed by atoms with Gasteiger partial charge in [-0.1, -0.05) is 29.8 Å². The van der Waals surface area contributed by atoms with E-state index in [1.165, 1.54) is 11.3 Å². The van der Waals surface area contributed by atoms with E-state index in [0.717, 1.165) is 10.1 Å². The largest absolute Gasteiger partial charge is 0.451 e. The second-order valence-electron chi connectivity index (χ2n) is 3.77. The first-order valence-corrected chi connectivity index (χ1v) is 6.93. The highest BCUT2D eigenvalue weighted by Gasteiger charge is 2.18. The van der Waals surface area contributed by atoms with Crippen molar-refractivity contribution in [2.75, 3.05) is 13.2 Å². The Kier molecular flexibility index (Phi) is 4.39. The number of carbonyl (C=O) groups excluding carboxylic acids is 2. The van der Waals surface area contributed by atoms with Gasteiger partial charge in [-0.05, 0) is 13.0 Å². The van der Waals surface area contributed by atoms with Crippen LogP contribution in [0.4, 0.5) is 0 Å². The Morgan fingerprint density at radius 2 is 2.11 bits per heavy atom. The van der Waals surface area contributed by atoms with E-state index in [-0.39, 0.29) is 12.5 Å². The first-order valence-electron chi connectivity index (χ1n) is 5.74. The zero-order valence-corrected chi connectivity index (χ0v) is 11.8. The molecule has 1 heterocycles. The second kappa shape index (κ2) is 6.04. The molecule has 4 nitrogen and oxygen atoms in total. The third-order valence-electron chi connectivity index (χ3n) is 2.43. The molecule has 0 aliphatic carbocycles. The van der Waals surface area contributed by atoms with Crippen molar-refractivity contribution >= 4 is 44.9 Å². The first kappa shape index (κ1) is 13.8. The number of esters is 1. The zero-order valence-electron chi connectivity index (χ0n) is 10.2. The molecule has 100 valence electrons. The van der Waals surface area contributed by atoms with Crippen molar-refractivity contribution in [3.8, 4) is 0 Å². The standard InChI is InChI=1S/C13H12ClNO3S/c1-2-15-10(16)7-18-13(17)12-11(14)8-5-3-4-6-9(8)19-12/h3-6H,2,7H2,1H3,(H,15,16). The van der Waals surface area contributed by atoms with Crippen LogP contribution in [0.5, 0.6) is 0 Å². The number of nitrogens with one attached hydrogen (secondary N) is 1. The summed E-state index contributed by atoms with van der Waals surface area (Å²) in [5.74, 6) is -0.898. The summed E-state index contributed by atoms with van der Waals surface area (Å²) in [6.45, 7) is 2.00. The molecule has 0 saturated carbocycles. The molecule has 19 heavy (non-hydrogen) atoms. The maximum atomic E-state index is 11.9. The number of carbonyl (C=O) groups is 2. The highest BCUT2D eigenvalue weighted by Crippen LogP contribution is 2.35. The third-order valence-corrected chi connectivity index (χ3v) is 4.08. The van der Waals surface area contributed by atoms with Crippen molar-refractivity contribution in [2.24, 2.45) is 0 Å². The van der Waals surface area contributed by atoms with E-state index in [0.29, 0.717) is 16.4 Å². The molecule has 1 aromatic carbocycles. The fourth-order valence-corrected chi connectivity index (χ4v) is 2.99. The lowest BCUT2D eigenvalue weighted by molar-refractivity contribution is -0.124. The number of rotatable bonds is 4. The van der Waals surface area contributed by atoms with Gasteiger partial charge in [0.05, 0.1) is 5.02 Å². The van der Waals surface area contributed by atoms with Crippen molar-refractivity contribution in [2.45, 2.75) is 6.92 Å². The highest BCUT2D eigenvalue weighted by atomic mass is 35.5. The number of halogens is 1. The van der Waals surface area contributed by atoms with Gasteiger partial charge < -0.3 is 10.1 Å². The van der Waals surface area contributed by atoms with Crippen LogP contribution < -0.4 is 5.32 Å². The Bertz CT molecular complexity index is 623. The van der Waals surface area contributed by atoms with Crippen LogP contribution in [0.2, 0.25) is 5.02 Å². The van der Waals surface area contributed by atoms with Gasteiger partial charge in [0.15, 0.2) is 6.61 Å². The molecular formula is C13H12ClNO3S. The molecule has 0 aliphatic heterocycles. The molecule has 0 aliphatic rings. The van der Waals surface area contributed by atoms with Crippen molar-refractivity contribution in [3.05, 3.63) is 34.2 Å². The van der Waals surface area contributed by atoms with Crippen LogP contribution in [0.3, 0.4) is 0 Å². The number of ether oxygens (including phenoxy) is 1. The lowest BCUT2D eigenvalue weighted by Gasteiger charge is -2.03. The Morgan fingerprint density at radius 1 is 1.37 bits per heavy atom. The average molecular weight is 298 g/mol. The minimum Gasteiger partial charge on any atom is -0.451 e. The zero-order chi connectivity index (χ0) is 13.8. The summed E-state index contributed by atoms with van der Waals surface area (Å²) >= 11 is 7.40. The van der Waals surface area contributed by atoms with E-state index in [9.17, 15) is 9.59 Å². The molecular weight excluding hydrogens is 286 g/mol. The molecule has 0 spiro atoms. The van der Waals surface area contributed by atoms with E-state index >= 15 is 0 Å². The van der Waals surface area contributed by atoms with Gasteiger partial charge in [-0.25, -0.2) is 4.79 Å². The minimum absolute atomic E-state index is 0.294. The quantitative estimate of drug-likeness (QED) is 0.883. The van der Waals surface area contributed by atoms with Gasteiger partial charge in [-0.3, -0.25) is 4.79 Å². The average Bonchev–Trinajstić information content (AvgIpc) is 2.74. The van der Waals surface area contributed by atoms with E-state index in [1.807, 2.05) is 24.3 Å². The van der Waals surface area contributed by atoms with Gasteiger partial charge in [0, 0.05) is 16.6 Å². The number of fused-ring (bicyclic) bond motifs is 1. The van der Waals surface area contributed by atoms with Crippen LogP contribution in [-0.2, 0) is 9.53 Å².